The molecule has 1 heteroatoms. The molecule has 0 amide bonds. The Hall–Kier alpha value is -0.560. The van der Waals surface area contributed by atoms with Crippen molar-refractivity contribution in [2.24, 2.45) is 5.41 Å². The Morgan fingerprint density at radius 3 is 2.79 bits per heavy atom. The average molecular weight is 192 g/mol. The minimum Gasteiger partial charge on any atom is -0.366 e. The van der Waals surface area contributed by atoms with E-state index in [2.05, 4.69) is 39.8 Å². The normalized spacial score (nSPS) is 35.7. The molecule has 78 valence electrons. The number of hydrogen-bond acceptors (Lipinski definition) is 1. The van der Waals surface area contributed by atoms with Crippen LogP contribution in [0.2, 0.25) is 0 Å². The van der Waals surface area contributed by atoms with E-state index < -0.39 is 0 Å². The van der Waals surface area contributed by atoms with Crippen molar-refractivity contribution in [3.05, 3.63) is 23.3 Å². The molecule has 0 aromatic heterocycles. The molecular formula is C13H20O. The summed E-state index contributed by atoms with van der Waals surface area (Å²) in [6.45, 7) is 8.97. The number of ether oxygens (including phenoxy) is 1. The van der Waals surface area contributed by atoms with Crippen LogP contribution in [-0.4, -0.2) is 12.2 Å². The molecule has 0 aromatic carbocycles. The smallest absolute Gasteiger partial charge is 0.100 e. The molecule has 0 N–H and O–H groups in total. The fraction of sp³-hybridized carbons (Fsp3) is 0.692. The van der Waals surface area contributed by atoms with Gasteiger partial charge in [0.15, 0.2) is 0 Å². The van der Waals surface area contributed by atoms with Crippen molar-refractivity contribution in [3.8, 4) is 0 Å². The van der Waals surface area contributed by atoms with Crippen molar-refractivity contribution in [2.75, 3.05) is 0 Å². The maximum atomic E-state index is 6.00. The first-order valence-corrected chi connectivity index (χ1v) is 5.53. The van der Waals surface area contributed by atoms with Gasteiger partial charge in [0.25, 0.3) is 0 Å². The van der Waals surface area contributed by atoms with Crippen molar-refractivity contribution in [1.29, 1.82) is 0 Å². The van der Waals surface area contributed by atoms with Gasteiger partial charge in [-0.2, -0.15) is 0 Å². The topological polar surface area (TPSA) is 9.23 Å². The van der Waals surface area contributed by atoms with Gasteiger partial charge in [-0.15, -0.1) is 0 Å². The molecule has 2 aliphatic rings. The first kappa shape index (κ1) is 9.97. The molecule has 1 nitrogen and oxygen atoms in total. The zero-order chi connectivity index (χ0) is 10.3. The fourth-order valence-electron chi connectivity index (χ4n) is 2.39. The van der Waals surface area contributed by atoms with Crippen LogP contribution in [0, 0.1) is 5.41 Å². The van der Waals surface area contributed by atoms with Gasteiger partial charge in [-0.25, -0.2) is 0 Å². The van der Waals surface area contributed by atoms with Crippen molar-refractivity contribution in [1.82, 2.24) is 0 Å². The molecule has 14 heavy (non-hydrogen) atoms. The third kappa shape index (κ3) is 1.54. The third-order valence-corrected chi connectivity index (χ3v) is 3.45. The van der Waals surface area contributed by atoms with Crippen LogP contribution in [0.5, 0.6) is 0 Å². The summed E-state index contributed by atoms with van der Waals surface area (Å²) in [6, 6.07) is 0. The van der Waals surface area contributed by atoms with Gasteiger partial charge in [0.1, 0.15) is 6.10 Å². The van der Waals surface area contributed by atoms with E-state index in [1.165, 1.54) is 11.1 Å². The van der Waals surface area contributed by atoms with Crippen molar-refractivity contribution in [2.45, 2.75) is 52.7 Å². The minimum atomic E-state index is 0.266. The van der Waals surface area contributed by atoms with Crippen LogP contribution < -0.4 is 0 Å². The lowest BCUT2D eigenvalue weighted by Gasteiger charge is -2.41. The number of fused-ring (bicyclic) bond motifs is 1. The number of allylic oxidation sites excluding steroid dienone is 1. The van der Waals surface area contributed by atoms with Crippen LogP contribution in [-0.2, 0) is 4.74 Å². The lowest BCUT2D eigenvalue weighted by atomic mass is 9.71. The Labute approximate surface area is 86.8 Å². The molecule has 2 rings (SSSR count). The van der Waals surface area contributed by atoms with E-state index >= 15 is 0 Å². The first-order valence-electron chi connectivity index (χ1n) is 5.53. The summed E-state index contributed by atoms with van der Waals surface area (Å²) in [5, 5.41) is 0. The molecule has 0 spiro atoms. The maximum absolute atomic E-state index is 6.00. The van der Waals surface area contributed by atoms with Crippen LogP contribution in [0.25, 0.3) is 0 Å². The molecule has 1 aliphatic heterocycles. The van der Waals surface area contributed by atoms with Gasteiger partial charge in [-0.1, -0.05) is 26.0 Å². The van der Waals surface area contributed by atoms with Crippen LogP contribution in [0.4, 0.5) is 0 Å². The average Bonchev–Trinajstić information content (AvgIpc) is 2.12. The molecule has 1 heterocycles. The Bertz CT molecular complexity index is 296. The Balaban J connectivity index is 2.37. The summed E-state index contributed by atoms with van der Waals surface area (Å²) in [6.07, 6.45) is 7.60. The van der Waals surface area contributed by atoms with E-state index in [9.17, 15) is 0 Å². The summed E-state index contributed by atoms with van der Waals surface area (Å²) in [5.74, 6) is 0. The van der Waals surface area contributed by atoms with Crippen molar-refractivity contribution >= 4 is 0 Å². The van der Waals surface area contributed by atoms with Gasteiger partial charge in [-0.3, -0.25) is 0 Å². The summed E-state index contributed by atoms with van der Waals surface area (Å²) in [4.78, 5) is 0. The Morgan fingerprint density at radius 1 is 1.36 bits per heavy atom. The second-order valence-electron chi connectivity index (χ2n) is 5.26. The first-order chi connectivity index (χ1) is 6.50. The molecule has 2 unspecified atom stereocenters. The highest BCUT2D eigenvalue weighted by Gasteiger charge is 2.36. The van der Waals surface area contributed by atoms with E-state index in [1.54, 1.807) is 0 Å². The summed E-state index contributed by atoms with van der Waals surface area (Å²) >= 11 is 0. The molecule has 0 aromatic rings. The molecule has 0 bridgehead atoms. The fourth-order valence-corrected chi connectivity index (χ4v) is 2.39. The van der Waals surface area contributed by atoms with Gasteiger partial charge < -0.3 is 4.74 Å². The monoisotopic (exact) mass is 192 g/mol. The SMILES string of the molecule is CC1=CCC(C)(C)C2=CCC(C)OC12. The van der Waals surface area contributed by atoms with Crippen molar-refractivity contribution < 1.29 is 4.74 Å². The lowest BCUT2D eigenvalue weighted by molar-refractivity contribution is 0.0142. The van der Waals surface area contributed by atoms with Gasteiger partial charge >= 0.3 is 0 Å². The highest BCUT2D eigenvalue weighted by Crippen LogP contribution is 2.43. The quantitative estimate of drug-likeness (QED) is 0.534. The van der Waals surface area contributed by atoms with E-state index in [1.807, 2.05) is 0 Å². The third-order valence-electron chi connectivity index (χ3n) is 3.45. The highest BCUT2D eigenvalue weighted by atomic mass is 16.5. The van der Waals surface area contributed by atoms with Gasteiger partial charge in [0.05, 0.1) is 6.10 Å². The predicted octanol–water partition coefficient (Wildman–Crippen LogP) is 3.47. The zero-order valence-electron chi connectivity index (χ0n) is 9.63. The van der Waals surface area contributed by atoms with Gasteiger partial charge in [0, 0.05) is 0 Å². The molecular weight excluding hydrogens is 172 g/mol. The lowest BCUT2D eigenvalue weighted by Crippen LogP contribution is -2.36. The standard InChI is InChI=1S/C13H20O/c1-9-7-8-13(3,4)11-6-5-10(2)14-12(9)11/h6-7,10,12H,5,8H2,1-4H3. The molecule has 0 fully saturated rings. The van der Waals surface area contributed by atoms with E-state index in [0.717, 1.165) is 12.8 Å². The van der Waals surface area contributed by atoms with E-state index in [4.69, 9.17) is 4.74 Å². The van der Waals surface area contributed by atoms with Gasteiger partial charge in [-0.05, 0) is 43.3 Å². The highest BCUT2D eigenvalue weighted by molar-refractivity contribution is 5.34. The summed E-state index contributed by atoms with van der Waals surface area (Å²) in [7, 11) is 0. The Morgan fingerprint density at radius 2 is 2.07 bits per heavy atom. The van der Waals surface area contributed by atoms with E-state index in [0.29, 0.717) is 11.5 Å². The molecule has 2 atom stereocenters. The number of hydrogen-bond donors (Lipinski definition) is 0. The van der Waals surface area contributed by atoms with Crippen molar-refractivity contribution in [3.63, 3.8) is 0 Å². The van der Waals surface area contributed by atoms with Crippen LogP contribution in [0.1, 0.15) is 40.5 Å². The Kier molecular flexibility index (Phi) is 2.30. The second kappa shape index (κ2) is 3.23. The van der Waals surface area contributed by atoms with Crippen LogP contribution >= 0.6 is 0 Å². The van der Waals surface area contributed by atoms with Crippen LogP contribution in [0.3, 0.4) is 0 Å². The predicted molar refractivity (Wildman–Crippen MR) is 59.2 cm³/mol. The zero-order valence-corrected chi connectivity index (χ0v) is 9.63. The number of rotatable bonds is 0. The largest absolute Gasteiger partial charge is 0.366 e. The molecule has 0 saturated heterocycles. The maximum Gasteiger partial charge on any atom is 0.100 e. The minimum absolute atomic E-state index is 0.266. The van der Waals surface area contributed by atoms with Gasteiger partial charge in [0.2, 0.25) is 0 Å². The molecule has 0 saturated carbocycles. The second-order valence-corrected chi connectivity index (χ2v) is 5.26. The molecule has 1 aliphatic carbocycles. The summed E-state index contributed by atoms with van der Waals surface area (Å²) < 4.78 is 6.00. The van der Waals surface area contributed by atoms with Crippen LogP contribution in [0.15, 0.2) is 23.3 Å². The van der Waals surface area contributed by atoms with E-state index in [-0.39, 0.29) is 6.10 Å². The molecule has 0 radical (unpaired) electrons. The summed E-state index contributed by atoms with van der Waals surface area (Å²) in [5.41, 5.74) is 3.18.